The Balaban J connectivity index is 1.94. The highest BCUT2D eigenvalue weighted by atomic mass is 16.3. The molecule has 1 fully saturated rings. The highest BCUT2D eigenvalue weighted by Gasteiger charge is 2.25. The van der Waals surface area contributed by atoms with Crippen molar-refractivity contribution in [2.24, 2.45) is 12.0 Å². The number of rotatable bonds is 7. The van der Waals surface area contributed by atoms with Crippen LogP contribution in [0.1, 0.15) is 39.2 Å². The molecule has 2 unspecified atom stereocenters. The minimum Gasteiger partial charge on any atom is -0.383 e. The molecular weight excluding hydrogens is 304 g/mol. The first-order valence-corrected chi connectivity index (χ1v) is 8.94. The SMILES string of the molecule is CCNC(=NCC(C)(O)c1cnn(C)c1)NCC1CCCN1CC. The Morgan fingerprint density at radius 3 is 2.88 bits per heavy atom. The van der Waals surface area contributed by atoms with E-state index in [1.807, 2.05) is 20.2 Å². The molecule has 1 aliphatic rings. The summed E-state index contributed by atoms with van der Waals surface area (Å²) in [7, 11) is 1.84. The summed E-state index contributed by atoms with van der Waals surface area (Å²) in [6.07, 6.45) is 6.01. The fraction of sp³-hybridized carbons (Fsp3) is 0.765. The number of aliphatic hydroxyl groups is 1. The maximum absolute atomic E-state index is 10.7. The van der Waals surface area contributed by atoms with Crippen molar-refractivity contribution in [1.29, 1.82) is 0 Å². The zero-order valence-corrected chi connectivity index (χ0v) is 15.4. The van der Waals surface area contributed by atoms with Gasteiger partial charge in [0, 0.05) is 37.9 Å². The highest BCUT2D eigenvalue weighted by Crippen LogP contribution is 2.20. The summed E-state index contributed by atoms with van der Waals surface area (Å²) >= 11 is 0. The first kappa shape index (κ1) is 18.7. The quantitative estimate of drug-likeness (QED) is 0.504. The summed E-state index contributed by atoms with van der Waals surface area (Å²) in [6.45, 7) is 10.3. The van der Waals surface area contributed by atoms with Gasteiger partial charge in [0.05, 0.1) is 12.7 Å². The van der Waals surface area contributed by atoms with Crippen molar-refractivity contribution in [3.05, 3.63) is 18.0 Å². The van der Waals surface area contributed by atoms with Crippen LogP contribution in [0, 0.1) is 0 Å². The maximum atomic E-state index is 10.7. The van der Waals surface area contributed by atoms with E-state index in [-0.39, 0.29) is 6.54 Å². The van der Waals surface area contributed by atoms with Gasteiger partial charge in [0.1, 0.15) is 5.60 Å². The molecule has 0 spiro atoms. The molecule has 0 amide bonds. The zero-order valence-electron chi connectivity index (χ0n) is 15.4. The Morgan fingerprint density at radius 1 is 1.46 bits per heavy atom. The molecule has 2 atom stereocenters. The van der Waals surface area contributed by atoms with Crippen molar-refractivity contribution in [2.45, 2.75) is 45.3 Å². The number of hydrogen-bond donors (Lipinski definition) is 3. The normalized spacial score (nSPS) is 21.7. The van der Waals surface area contributed by atoms with Crippen LogP contribution in [0.25, 0.3) is 0 Å². The van der Waals surface area contributed by atoms with Crippen LogP contribution in [0.2, 0.25) is 0 Å². The van der Waals surface area contributed by atoms with Gasteiger partial charge in [0.25, 0.3) is 0 Å². The van der Waals surface area contributed by atoms with Crippen LogP contribution in [-0.2, 0) is 12.6 Å². The van der Waals surface area contributed by atoms with Gasteiger partial charge in [-0.05, 0) is 39.8 Å². The van der Waals surface area contributed by atoms with Gasteiger partial charge in [0.2, 0.25) is 0 Å². The van der Waals surface area contributed by atoms with Crippen LogP contribution in [0.3, 0.4) is 0 Å². The summed E-state index contributed by atoms with van der Waals surface area (Å²) in [5.74, 6) is 0.754. The van der Waals surface area contributed by atoms with Gasteiger partial charge >= 0.3 is 0 Å². The molecule has 3 N–H and O–H groups in total. The van der Waals surface area contributed by atoms with Gasteiger partial charge in [-0.1, -0.05) is 6.92 Å². The van der Waals surface area contributed by atoms with Crippen molar-refractivity contribution in [3.63, 3.8) is 0 Å². The summed E-state index contributed by atoms with van der Waals surface area (Å²) in [5.41, 5.74) is -0.253. The maximum Gasteiger partial charge on any atom is 0.191 e. The molecule has 0 radical (unpaired) electrons. The van der Waals surface area contributed by atoms with Crippen LogP contribution < -0.4 is 10.6 Å². The molecule has 24 heavy (non-hydrogen) atoms. The van der Waals surface area contributed by atoms with Crippen molar-refractivity contribution < 1.29 is 5.11 Å². The van der Waals surface area contributed by atoms with E-state index >= 15 is 0 Å². The third kappa shape index (κ3) is 4.95. The fourth-order valence-corrected chi connectivity index (χ4v) is 3.12. The van der Waals surface area contributed by atoms with Crippen molar-refractivity contribution in [1.82, 2.24) is 25.3 Å². The molecule has 1 saturated heterocycles. The van der Waals surface area contributed by atoms with E-state index in [0.29, 0.717) is 6.04 Å². The zero-order chi connectivity index (χ0) is 17.6. The van der Waals surface area contributed by atoms with Gasteiger partial charge in [-0.25, -0.2) is 4.99 Å². The Kier molecular flexibility index (Phi) is 6.62. The molecule has 1 aromatic heterocycles. The van der Waals surface area contributed by atoms with Gasteiger partial charge in [-0.15, -0.1) is 0 Å². The van der Waals surface area contributed by atoms with E-state index in [1.165, 1.54) is 19.4 Å². The van der Waals surface area contributed by atoms with E-state index in [4.69, 9.17) is 0 Å². The number of aryl methyl sites for hydroxylation is 1. The third-order valence-corrected chi connectivity index (χ3v) is 4.63. The molecule has 1 aromatic rings. The summed E-state index contributed by atoms with van der Waals surface area (Å²) in [5, 5.41) is 21.5. The number of aliphatic imine (C=N–C) groups is 1. The minimum absolute atomic E-state index is 0.288. The third-order valence-electron chi connectivity index (χ3n) is 4.63. The number of nitrogens with zero attached hydrogens (tertiary/aromatic N) is 4. The average molecular weight is 336 g/mol. The van der Waals surface area contributed by atoms with Gasteiger partial charge in [-0.3, -0.25) is 9.58 Å². The first-order chi connectivity index (χ1) is 11.5. The van der Waals surface area contributed by atoms with Crippen molar-refractivity contribution >= 4 is 5.96 Å². The van der Waals surface area contributed by atoms with Crippen LogP contribution >= 0.6 is 0 Å². The van der Waals surface area contributed by atoms with Gasteiger partial charge in [-0.2, -0.15) is 5.10 Å². The molecule has 136 valence electrons. The standard InChI is InChI=1S/C17H32N6O/c1-5-18-16(19-11-15-8-7-9-23(15)6-2)20-13-17(3,24)14-10-21-22(4)12-14/h10,12,15,24H,5-9,11,13H2,1-4H3,(H2,18,19,20). The first-order valence-electron chi connectivity index (χ1n) is 8.94. The monoisotopic (exact) mass is 336 g/mol. The lowest BCUT2D eigenvalue weighted by Crippen LogP contribution is -2.45. The number of nitrogens with one attached hydrogen (secondary N) is 2. The highest BCUT2D eigenvalue weighted by molar-refractivity contribution is 5.79. The predicted molar refractivity (Wildman–Crippen MR) is 97.0 cm³/mol. The molecular formula is C17H32N6O. The van der Waals surface area contributed by atoms with Crippen LogP contribution in [-0.4, -0.2) is 64.5 Å². The van der Waals surface area contributed by atoms with Crippen LogP contribution in [0.15, 0.2) is 17.4 Å². The van der Waals surface area contributed by atoms with Crippen LogP contribution in [0.5, 0.6) is 0 Å². The smallest absolute Gasteiger partial charge is 0.191 e. The second-order valence-electron chi connectivity index (χ2n) is 6.68. The van der Waals surface area contributed by atoms with E-state index in [1.54, 1.807) is 17.8 Å². The largest absolute Gasteiger partial charge is 0.383 e. The predicted octanol–water partition coefficient (Wildman–Crippen LogP) is 0.667. The number of likely N-dealkylation sites (N-methyl/N-ethyl adjacent to an activating group) is 1. The molecule has 0 bridgehead atoms. The van der Waals surface area contributed by atoms with Crippen molar-refractivity contribution in [3.8, 4) is 0 Å². The Hall–Kier alpha value is -1.60. The summed E-state index contributed by atoms with van der Waals surface area (Å²) < 4.78 is 1.69. The number of guanidine groups is 1. The Labute approximate surface area is 145 Å². The lowest BCUT2D eigenvalue weighted by molar-refractivity contribution is 0.0671. The Morgan fingerprint density at radius 2 is 2.25 bits per heavy atom. The number of hydrogen-bond acceptors (Lipinski definition) is 4. The van der Waals surface area contributed by atoms with E-state index < -0.39 is 5.60 Å². The molecule has 7 nitrogen and oxygen atoms in total. The molecule has 7 heteroatoms. The Bertz CT molecular complexity index is 539. The molecule has 0 saturated carbocycles. The van der Waals surface area contributed by atoms with E-state index in [9.17, 15) is 5.11 Å². The lowest BCUT2D eigenvalue weighted by atomic mass is 10.0. The molecule has 1 aliphatic heterocycles. The van der Waals surface area contributed by atoms with Crippen molar-refractivity contribution in [2.75, 3.05) is 32.7 Å². The lowest BCUT2D eigenvalue weighted by Gasteiger charge is -2.24. The number of likely N-dealkylation sites (tertiary alicyclic amines) is 1. The molecule has 0 aromatic carbocycles. The minimum atomic E-state index is -1.03. The topological polar surface area (TPSA) is 77.7 Å². The average Bonchev–Trinajstić information content (AvgIpc) is 3.18. The second-order valence-corrected chi connectivity index (χ2v) is 6.68. The van der Waals surface area contributed by atoms with E-state index in [2.05, 4.69) is 32.5 Å². The molecule has 2 heterocycles. The summed E-state index contributed by atoms with van der Waals surface area (Å²) in [4.78, 5) is 7.07. The second kappa shape index (κ2) is 8.48. The fourth-order valence-electron chi connectivity index (χ4n) is 3.12. The summed E-state index contributed by atoms with van der Waals surface area (Å²) in [6, 6.07) is 0.567. The van der Waals surface area contributed by atoms with E-state index in [0.717, 1.165) is 31.2 Å². The van der Waals surface area contributed by atoms with Gasteiger partial charge in [0.15, 0.2) is 5.96 Å². The number of aromatic nitrogens is 2. The molecule has 2 rings (SSSR count). The molecule has 0 aliphatic carbocycles. The van der Waals surface area contributed by atoms with Crippen LogP contribution in [0.4, 0.5) is 0 Å². The van der Waals surface area contributed by atoms with Gasteiger partial charge < -0.3 is 15.7 Å².